The second-order valence-corrected chi connectivity index (χ2v) is 5.12. The maximum Gasteiger partial charge on any atom is 0.335 e. The van der Waals surface area contributed by atoms with Crippen molar-refractivity contribution in [1.82, 2.24) is 9.88 Å². The molecule has 1 aromatic heterocycles. The zero-order valence-corrected chi connectivity index (χ0v) is 12.7. The second-order valence-electron chi connectivity index (χ2n) is 4.73. The number of hydrogen-bond acceptors (Lipinski definition) is 4. The first-order valence-corrected chi connectivity index (χ1v) is 7.28. The van der Waals surface area contributed by atoms with Crippen molar-refractivity contribution in [2.45, 2.75) is 6.42 Å². The van der Waals surface area contributed by atoms with Crippen molar-refractivity contribution < 1.29 is 14.6 Å². The largest absolute Gasteiger partial charge is 0.478 e. The zero-order chi connectivity index (χ0) is 15.8. The van der Waals surface area contributed by atoms with Crippen molar-refractivity contribution in [1.29, 1.82) is 0 Å². The van der Waals surface area contributed by atoms with E-state index in [4.69, 9.17) is 21.4 Å². The molecule has 0 spiro atoms. The van der Waals surface area contributed by atoms with Gasteiger partial charge < -0.3 is 9.84 Å². The number of rotatable bonds is 4. The highest BCUT2D eigenvalue weighted by atomic mass is 35.5. The molecule has 0 bridgehead atoms. The number of aromatic nitrogens is 1. The molecule has 0 unspecified atom stereocenters. The Morgan fingerprint density at radius 1 is 1.23 bits per heavy atom. The van der Waals surface area contributed by atoms with Crippen LogP contribution in [-0.2, 0) is 0 Å². The predicted molar refractivity (Wildman–Crippen MR) is 84.3 cm³/mol. The van der Waals surface area contributed by atoms with Gasteiger partial charge >= 0.3 is 5.97 Å². The number of carbonyl (C=O) groups is 1. The number of halogens is 1. The van der Waals surface area contributed by atoms with Crippen LogP contribution in [0.15, 0.2) is 48.7 Å². The Bertz CT molecular complexity index is 586. The molecule has 0 amide bonds. The Morgan fingerprint density at radius 2 is 1.95 bits per heavy atom. The van der Waals surface area contributed by atoms with Crippen LogP contribution in [0.5, 0.6) is 5.75 Å². The van der Waals surface area contributed by atoms with Gasteiger partial charge in [0, 0.05) is 13.1 Å². The van der Waals surface area contributed by atoms with E-state index in [1.54, 1.807) is 42.6 Å². The van der Waals surface area contributed by atoms with Gasteiger partial charge in [-0.1, -0.05) is 29.8 Å². The number of ether oxygens (including phenoxy) is 1. The molecule has 0 aliphatic carbocycles. The average Bonchev–Trinajstić information content (AvgIpc) is 2.49. The van der Waals surface area contributed by atoms with Crippen LogP contribution in [0.25, 0.3) is 0 Å². The number of carboxylic acids is 1. The van der Waals surface area contributed by atoms with Crippen molar-refractivity contribution in [2.75, 3.05) is 19.8 Å². The second kappa shape index (κ2) is 8.36. The molecular weight excluding hydrogens is 304 g/mol. The van der Waals surface area contributed by atoms with E-state index in [-0.39, 0.29) is 0 Å². The lowest BCUT2D eigenvalue weighted by Gasteiger charge is -2.29. The fourth-order valence-electron chi connectivity index (χ4n) is 1.71. The van der Waals surface area contributed by atoms with Gasteiger partial charge in [0.15, 0.2) is 0 Å². The standard InChI is InChI=1S/C9H11ClN2O.C7H6O2/c10-9-3-2-8(6-11-9)13-7-12-4-1-5-12;8-7(9)6-4-2-1-3-5-6/h2-3,6H,1,4-5,7H2;1-5H,(H,8,9). The normalized spacial score (nSPS) is 13.5. The van der Waals surface area contributed by atoms with Crippen molar-refractivity contribution >= 4 is 17.6 Å². The molecule has 1 fully saturated rings. The molecule has 1 aliphatic heterocycles. The maximum absolute atomic E-state index is 10.2. The van der Waals surface area contributed by atoms with Gasteiger partial charge in [-0.15, -0.1) is 0 Å². The minimum Gasteiger partial charge on any atom is -0.478 e. The molecule has 1 aliphatic rings. The summed E-state index contributed by atoms with van der Waals surface area (Å²) >= 11 is 5.64. The molecule has 22 heavy (non-hydrogen) atoms. The fraction of sp³-hybridized carbons (Fsp3) is 0.250. The molecule has 116 valence electrons. The highest BCUT2D eigenvalue weighted by Crippen LogP contribution is 2.13. The van der Waals surface area contributed by atoms with E-state index in [1.807, 2.05) is 6.07 Å². The quantitative estimate of drug-likeness (QED) is 0.877. The molecule has 1 aromatic carbocycles. The predicted octanol–water partition coefficient (Wildman–Crippen LogP) is 3.16. The van der Waals surface area contributed by atoms with Crippen LogP contribution in [0, 0.1) is 0 Å². The fourth-order valence-corrected chi connectivity index (χ4v) is 1.82. The van der Waals surface area contributed by atoms with Gasteiger partial charge in [-0.3, -0.25) is 4.90 Å². The molecule has 6 heteroatoms. The minimum atomic E-state index is -0.879. The minimum absolute atomic E-state index is 0.331. The number of carboxylic acid groups (broad SMARTS) is 1. The van der Waals surface area contributed by atoms with Crippen LogP contribution >= 0.6 is 11.6 Å². The molecule has 3 rings (SSSR count). The van der Waals surface area contributed by atoms with E-state index in [9.17, 15) is 4.79 Å². The van der Waals surface area contributed by atoms with E-state index < -0.39 is 5.97 Å². The number of likely N-dealkylation sites (tertiary alicyclic amines) is 1. The smallest absolute Gasteiger partial charge is 0.335 e. The van der Waals surface area contributed by atoms with Crippen LogP contribution in [0.1, 0.15) is 16.8 Å². The van der Waals surface area contributed by atoms with Gasteiger partial charge in [-0.25, -0.2) is 9.78 Å². The van der Waals surface area contributed by atoms with Gasteiger partial charge in [0.1, 0.15) is 17.6 Å². The summed E-state index contributed by atoms with van der Waals surface area (Å²) in [6.45, 7) is 2.94. The highest BCUT2D eigenvalue weighted by Gasteiger charge is 2.13. The average molecular weight is 321 g/mol. The van der Waals surface area contributed by atoms with E-state index in [0.717, 1.165) is 18.8 Å². The number of nitrogens with zero attached hydrogens (tertiary/aromatic N) is 2. The van der Waals surface area contributed by atoms with Crippen LogP contribution in [0.2, 0.25) is 5.15 Å². The first kappa shape index (κ1) is 16.3. The van der Waals surface area contributed by atoms with Gasteiger partial charge in [-0.05, 0) is 30.7 Å². The molecule has 2 heterocycles. The van der Waals surface area contributed by atoms with Crippen molar-refractivity contribution in [2.24, 2.45) is 0 Å². The molecule has 1 saturated heterocycles. The molecule has 1 N–H and O–H groups in total. The number of hydrogen-bond donors (Lipinski definition) is 1. The van der Waals surface area contributed by atoms with Gasteiger partial charge in [0.25, 0.3) is 0 Å². The Labute approximate surface area is 134 Å². The third-order valence-electron chi connectivity index (χ3n) is 3.08. The third-order valence-corrected chi connectivity index (χ3v) is 3.31. The van der Waals surface area contributed by atoms with Crippen molar-refractivity contribution in [3.63, 3.8) is 0 Å². The summed E-state index contributed by atoms with van der Waals surface area (Å²) in [5.41, 5.74) is 0.331. The first-order chi connectivity index (χ1) is 10.6. The van der Waals surface area contributed by atoms with E-state index >= 15 is 0 Å². The summed E-state index contributed by atoms with van der Waals surface area (Å²) < 4.78 is 5.47. The molecule has 0 atom stereocenters. The number of benzene rings is 1. The van der Waals surface area contributed by atoms with Crippen LogP contribution < -0.4 is 4.74 Å². The molecular formula is C16H17ClN2O3. The van der Waals surface area contributed by atoms with Gasteiger partial charge in [0.05, 0.1) is 11.8 Å². The highest BCUT2D eigenvalue weighted by molar-refractivity contribution is 6.29. The summed E-state index contributed by atoms with van der Waals surface area (Å²) in [6, 6.07) is 11.9. The Hall–Kier alpha value is -2.11. The van der Waals surface area contributed by atoms with Crippen molar-refractivity contribution in [3.05, 3.63) is 59.4 Å². The Kier molecular flexibility index (Phi) is 6.18. The summed E-state index contributed by atoms with van der Waals surface area (Å²) in [6.07, 6.45) is 2.92. The van der Waals surface area contributed by atoms with E-state index in [0.29, 0.717) is 17.4 Å². The number of aromatic carboxylic acids is 1. The Balaban J connectivity index is 0.000000172. The summed E-state index contributed by atoms with van der Waals surface area (Å²) in [5.74, 6) is -0.105. The lowest BCUT2D eigenvalue weighted by Crippen LogP contribution is -2.39. The van der Waals surface area contributed by atoms with Crippen LogP contribution in [0.3, 0.4) is 0 Å². The van der Waals surface area contributed by atoms with Crippen LogP contribution in [0.4, 0.5) is 0 Å². The van der Waals surface area contributed by atoms with Gasteiger partial charge in [-0.2, -0.15) is 0 Å². The molecule has 0 radical (unpaired) electrons. The lowest BCUT2D eigenvalue weighted by atomic mass is 10.2. The van der Waals surface area contributed by atoms with E-state index in [1.165, 1.54) is 6.42 Å². The number of pyridine rings is 1. The monoisotopic (exact) mass is 320 g/mol. The third kappa shape index (κ3) is 5.35. The topological polar surface area (TPSA) is 62.7 Å². The molecule has 0 saturated carbocycles. The molecule has 2 aromatic rings. The lowest BCUT2D eigenvalue weighted by molar-refractivity contribution is 0.0696. The summed E-state index contributed by atoms with van der Waals surface area (Å²) in [4.78, 5) is 16.4. The zero-order valence-electron chi connectivity index (χ0n) is 12.0. The SMILES string of the molecule is Clc1ccc(OCN2CCC2)cn1.O=C(O)c1ccccc1. The first-order valence-electron chi connectivity index (χ1n) is 6.90. The Morgan fingerprint density at radius 3 is 2.41 bits per heavy atom. The van der Waals surface area contributed by atoms with E-state index in [2.05, 4.69) is 9.88 Å². The summed E-state index contributed by atoms with van der Waals surface area (Å²) in [5, 5.41) is 8.88. The maximum atomic E-state index is 10.2. The summed E-state index contributed by atoms with van der Waals surface area (Å²) in [7, 11) is 0. The van der Waals surface area contributed by atoms with Crippen molar-refractivity contribution in [3.8, 4) is 5.75 Å². The van der Waals surface area contributed by atoms with Gasteiger partial charge in [0.2, 0.25) is 0 Å². The van der Waals surface area contributed by atoms with Crippen LogP contribution in [-0.4, -0.2) is 40.8 Å². The molecule has 5 nitrogen and oxygen atoms in total.